The van der Waals surface area contributed by atoms with Crippen LogP contribution in [0.1, 0.15) is 47.6 Å². The largest absolute Gasteiger partial charge is 0.488 e. The number of rotatable bonds is 6. The molecule has 0 radical (unpaired) electrons. The van der Waals surface area contributed by atoms with E-state index in [0.717, 1.165) is 18.4 Å². The summed E-state index contributed by atoms with van der Waals surface area (Å²) in [5.41, 5.74) is 1.28. The van der Waals surface area contributed by atoms with Gasteiger partial charge in [0.1, 0.15) is 24.0 Å². The van der Waals surface area contributed by atoms with E-state index in [1.807, 2.05) is 16.8 Å². The molecule has 6 heteroatoms. The van der Waals surface area contributed by atoms with Gasteiger partial charge in [-0.15, -0.1) is 0 Å². The first kappa shape index (κ1) is 18.2. The van der Waals surface area contributed by atoms with Gasteiger partial charge in [-0.2, -0.15) is 5.10 Å². The van der Waals surface area contributed by atoms with E-state index < -0.39 is 0 Å². The Kier molecular flexibility index (Phi) is 5.37. The van der Waals surface area contributed by atoms with Crippen LogP contribution in [0.4, 0.5) is 10.2 Å². The van der Waals surface area contributed by atoms with Gasteiger partial charge in [0.15, 0.2) is 0 Å². The van der Waals surface area contributed by atoms with E-state index in [-0.39, 0.29) is 18.3 Å². The van der Waals surface area contributed by atoms with E-state index in [4.69, 9.17) is 4.74 Å². The monoisotopic (exact) mass is 379 g/mol. The van der Waals surface area contributed by atoms with E-state index in [9.17, 15) is 9.18 Å². The molecule has 1 aliphatic rings. The fraction of sp³-hybridized carbons (Fsp3) is 0.273. The summed E-state index contributed by atoms with van der Waals surface area (Å²) >= 11 is 0. The number of benzene rings is 2. The molecule has 2 aromatic carbocycles. The molecule has 1 N–H and O–H groups in total. The van der Waals surface area contributed by atoms with Crippen molar-refractivity contribution in [1.82, 2.24) is 9.78 Å². The average molecular weight is 379 g/mol. The molecule has 5 nitrogen and oxygen atoms in total. The summed E-state index contributed by atoms with van der Waals surface area (Å²) in [5, 5.41) is 7.35. The highest BCUT2D eigenvalue weighted by atomic mass is 19.1. The molecular formula is C22H22FN3O2. The number of ether oxygens (including phenoxy) is 1. The lowest BCUT2D eigenvalue weighted by molar-refractivity contribution is 0.102. The number of nitrogens with zero attached hydrogens (tertiary/aromatic N) is 2. The molecule has 0 saturated heterocycles. The molecule has 1 heterocycles. The zero-order chi connectivity index (χ0) is 19.3. The van der Waals surface area contributed by atoms with Crippen LogP contribution >= 0.6 is 0 Å². The van der Waals surface area contributed by atoms with Gasteiger partial charge in [0.2, 0.25) is 0 Å². The quantitative estimate of drug-likeness (QED) is 0.658. The standard InChI is InChI=1S/C22H22FN3O2/c23-17-11-9-16(10-12-17)15-28-20-8-4-3-7-19(20)22(27)25-21-13-14-24-26(21)18-5-1-2-6-18/h3-4,7-14,18H,1-2,5-6,15H2,(H,25,27). The minimum atomic E-state index is -0.289. The summed E-state index contributed by atoms with van der Waals surface area (Å²) in [6, 6.07) is 15.4. The van der Waals surface area contributed by atoms with Crippen molar-refractivity contribution >= 4 is 11.7 Å². The molecule has 0 atom stereocenters. The second-order valence-corrected chi connectivity index (χ2v) is 6.96. The first-order valence-corrected chi connectivity index (χ1v) is 9.52. The molecule has 3 aromatic rings. The Hall–Kier alpha value is -3.15. The zero-order valence-electron chi connectivity index (χ0n) is 15.5. The maximum absolute atomic E-state index is 13.0. The highest BCUT2D eigenvalue weighted by Gasteiger charge is 2.21. The Labute approximate surface area is 163 Å². The van der Waals surface area contributed by atoms with Crippen molar-refractivity contribution in [2.24, 2.45) is 0 Å². The number of para-hydroxylation sites is 1. The summed E-state index contributed by atoms with van der Waals surface area (Å²) in [6.45, 7) is 0.255. The highest BCUT2D eigenvalue weighted by molar-refractivity contribution is 6.05. The second-order valence-electron chi connectivity index (χ2n) is 6.96. The van der Waals surface area contributed by atoms with Gasteiger partial charge in [0.25, 0.3) is 5.91 Å². The van der Waals surface area contributed by atoms with Crippen molar-refractivity contribution in [2.45, 2.75) is 38.3 Å². The Morgan fingerprint density at radius 3 is 2.64 bits per heavy atom. The van der Waals surface area contributed by atoms with E-state index >= 15 is 0 Å². The number of hydrogen-bond acceptors (Lipinski definition) is 3. The molecule has 0 bridgehead atoms. The molecule has 1 aliphatic carbocycles. The van der Waals surface area contributed by atoms with Crippen LogP contribution in [0.15, 0.2) is 60.8 Å². The van der Waals surface area contributed by atoms with Crippen molar-refractivity contribution in [1.29, 1.82) is 0 Å². The van der Waals surface area contributed by atoms with Crippen molar-refractivity contribution in [3.8, 4) is 5.75 Å². The lowest BCUT2D eigenvalue weighted by atomic mass is 10.2. The van der Waals surface area contributed by atoms with Crippen molar-refractivity contribution in [2.75, 3.05) is 5.32 Å². The molecule has 0 aliphatic heterocycles. The van der Waals surface area contributed by atoms with Gasteiger partial charge in [-0.25, -0.2) is 9.07 Å². The minimum absolute atomic E-state index is 0.241. The van der Waals surface area contributed by atoms with E-state index in [1.54, 1.807) is 36.5 Å². The first-order valence-electron chi connectivity index (χ1n) is 9.52. The molecule has 0 unspecified atom stereocenters. The molecular weight excluding hydrogens is 357 g/mol. The third-order valence-corrected chi connectivity index (χ3v) is 5.02. The Balaban J connectivity index is 1.47. The van der Waals surface area contributed by atoms with Crippen LogP contribution in [-0.2, 0) is 6.61 Å². The fourth-order valence-electron chi connectivity index (χ4n) is 3.56. The second kappa shape index (κ2) is 8.25. The molecule has 4 rings (SSSR count). The maximum Gasteiger partial charge on any atom is 0.260 e. The van der Waals surface area contributed by atoms with Gasteiger partial charge in [-0.05, 0) is 42.7 Å². The Morgan fingerprint density at radius 1 is 1.11 bits per heavy atom. The molecule has 1 saturated carbocycles. The summed E-state index contributed by atoms with van der Waals surface area (Å²) in [7, 11) is 0. The van der Waals surface area contributed by atoms with Crippen LogP contribution in [-0.4, -0.2) is 15.7 Å². The lowest BCUT2D eigenvalue weighted by Crippen LogP contribution is -2.18. The Morgan fingerprint density at radius 2 is 1.86 bits per heavy atom. The van der Waals surface area contributed by atoms with Crippen LogP contribution in [0, 0.1) is 5.82 Å². The van der Waals surface area contributed by atoms with Crippen LogP contribution in [0.5, 0.6) is 5.75 Å². The summed E-state index contributed by atoms with van der Waals surface area (Å²) in [6.07, 6.45) is 6.27. The number of hydrogen-bond donors (Lipinski definition) is 1. The molecule has 1 amide bonds. The molecule has 0 spiro atoms. The summed E-state index contributed by atoms with van der Waals surface area (Å²) < 4.78 is 20.8. The van der Waals surface area contributed by atoms with Gasteiger partial charge in [-0.3, -0.25) is 4.79 Å². The fourth-order valence-corrected chi connectivity index (χ4v) is 3.56. The SMILES string of the molecule is O=C(Nc1ccnn1C1CCCC1)c1ccccc1OCc1ccc(F)cc1. The third-order valence-electron chi connectivity index (χ3n) is 5.02. The van der Waals surface area contributed by atoms with Crippen molar-refractivity contribution in [3.05, 3.63) is 77.7 Å². The lowest BCUT2D eigenvalue weighted by Gasteiger charge is -2.16. The van der Waals surface area contributed by atoms with Gasteiger partial charge >= 0.3 is 0 Å². The van der Waals surface area contributed by atoms with Gasteiger partial charge in [0, 0.05) is 6.07 Å². The van der Waals surface area contributed by atoms with Crippen molar-refractivity contribution < 1.29 is 13.9 Å². The third kappa shape index (κ3) is 4.06. The van der Waals surface area contributed by atoms with Gasteiger partial charge in [0.05, 0.1) is 17.8 Å². The minimum Gasteiger partial charge on any atom is -0.488 e. The average Bonchev–Trinajstić information content (AvgIpc) is 3.39. The molecule has 1 fully saturated rings. The predicted octanol–water partition coefficient (Wildman–Crippen LogP) is 4.97. The molecule has 28 heavy (non-hydrogen) atoms. The number of halogens is 1. The van der Waals surface area contributed by atoms with E-state index in [1.165, 1.54) is 25.0 Å². The molecule has 144 valence electrons. The first-order chi connectivity index (χ1) is 13.7. The van der Waals surface area contributed by atoms with E-state index in [2.05, 4.69) is 10.4 Å². The highest BCUT2D eigenvalue weighted by Crippen LogP contribution is 2.31. The van der Waals surface area contributed by atoms with Crippen LogP contribution in [0.2, 0.25) is 0 Å². The predicted molar refractivity (Wildman–Crippen MR) is 105 cm³/mol. The Bertz CT molecular complexity index is 946. The number of aromatic nitrogens is 2. The zero-order valence-corrected chi connectivity index (χ0v) is 15.5. The van der Waals surface area contributed by atoms with Crippen molar-refractivity contribution in [3.63, 3.8) is 0 Å². The number of nitrogens with one attached hydrogen (secondary N) is 1. The number of amides is 1. The van der Waals surface area contributed by atoms with Crippen LogP contribution in [0.25, 0.3) is 0 Å². The number of carbonyl (C=O) groups is 1. The normalized spacial score (nSPS) is 14.2. The number of carbonyl (C=O) groups excluding carboxylic acids is 1. The number of anilines is 1. The summed E-state index contributed by atoms with van der Waals surface area (Å²) in [5.74, 6) is 0.651. The maximum atomic E-state index is 13.0. The molecule has 1 aromatic heterocycles. The topological polar surface area (TPSA) is 56.2 Å². The summed E-state index contributed by atoms with van der Waals surface area (Å²) in [4.78, 5) is 12.9. The van der Waals surface area contributed by atoms with Gasteiger partial charge < -0.3 is 10.1 Å². The van der Waals surface area contributed by atoms with Crippen LogP contribution < -0.4 is 10.1 Å². The van der Waals surface area contributed by atoms with Gasteiger partial charge in [-0.1, -0.05) is 37.1 Å². The van der Waals surface area contributed by atoms with E-state index in [0.29, 0.717) is 23.2 Å². The smallest absolute Gasteiger partial charge is 0.260 e. The van der Waals surface area contributed by atoms with Crippen LogP contribution in [0.3, 0.4) is 0 Å².